The summed E-state index contributed by atoms with van der Waals surface area (Å²) in [6.45, 7) is 4.10. The van der Waals surface area contributed by atoms with Crippen LogP contribution in [0.25, 0.3) is 0 Å². The molecule has 0 radical (unpaired) electrons. The van der Waals surface area contributed by atoms with Crippen molar-refractivity contribution in [1.29, 1.82) is 0 Å². The molecule has 9 heteroatoms. The number of hydrogen-bond donors (Lipinski definition) is 2. The van der Waals surface area contributed by atoms with Crippen LogP contribution in [0.1, 0.15) is 48.7 Å². The lowest BCUT2D eigenvalue weighted by molar-refractivity contribution is -0.139. The average Bonchev–Trinajstić information content (AvgIpc) is 3.08. The number of carbonyl (C=O) groups is 2. The number of ether oxygens (including phenoxy) is 1. The van der Waals surface area contributed by atoms with Crippen molar-refractivity contribution in [2.45, 2.75) is 32.7 Å². The average molecular weight is 357 g/mol. The second-order valence-corrected chi connectivity index (χ2v) is 5.93. The van der Waals surface area contributed by atoms with E-state index < -0.39 is 18.0 Å². The number of tetrazole rings is 1. The molecule has 136 valence electrons. The zero-order valence-corrected chi connectivity index (χ0v) is 14.5. The molecular formula is C17H19N5O4. The van der Waals surface area contributed by atoms with Crippen LogP contribution in [0.3, 0.4) is 0 Å². The van der Waals surface area contributed by atoms with E-state index in [0.29, 0.717) is 29.4 Å². The summed E-state index contributed by atoms with van der Waals surface area (Å²) < 4.78 is 6.87. The first-order valence-electron chi connectivity index (χ1n) is 8.29. The molecule has 2 N–H and O–H groups in total. The number of fused-ring (bicyclic) bond motifs is 1. The number of allylic oxidation sites excluding steroid dienone is 1. The van der Waals surface area contributed by atoms with Crippen LogP contribution in [-0.2, 0) is 9.53 Å². The number of unbranched alkanes of at least 4 members (excludes halogenated alkanes) is 1. The van der Waals surface area contributed by atoms with Crippen molar-refractivity contribution in [3.63, 3.8) is 0 Å². The van der Waals surface area contributed by atoms with Gasteiger partial charge in [0.25, 0.3) is 0 Å². The second-order valence-electron chi connectivity index (χ2n) is 5.93. The van der Waals surface area contributed by atoms with Crippen molar-refractivity contribution >= 4 is 17.9 Å². The molecule has 0 fully saturated rings. The lowest BCUT2D eigenvalue weighted by Crippen LogP contribution is -2.29. The molecule has 2 heterocycles. The molecule has 1 aromatic carbocycles. The first-order chi connectivity index (χ1) is 12.5. The van der Waals surface area contributed by atoms with Crippen LogP contribution < -0.4 is 5.32 Å². The highest BCUT2D eigenvalue weighted by molar-refractivity contribution is 5.92. The lowest BCUT2D eigenvalue weighted by atomic mass is 9.95. The Kier molecular flexibility index (Phi) is 4.97. The van der Waals surface area contributed by atoms with Crippen molar-refractivity contribution in [2.24, 2.45) is 0 Å². The third kappa shape index (κ3) is 3.28. The Morgan fingerprint density at radius 1 is 1.31 bits per heavy atom. The number of anilines is 1. The first-order valence-corrected chi connectivity index (χ1v) is 8.29. The van der Waals surface area contributed by atoms with Crippen molar-refractivity contribution in [3.8, 4) is 0 Å². The van der Waals surface area contributed by atoms with Crippen LogP contribution in [0.4, 0.5) is 5.95 Å². The van der Waals surface area contributed by atoms with Gasteiger partial charge >= 0.3 is 11.9 Å². The van der Waals surface area contributed by atoms with Gasteiger partial charge < -0.3 is 15.2 Å². The van der Waals surface area contributed by atoms with E-state index in [1.165, 1.54) is 16.8 Å². The van der Waals surface area contributed by atoms with Crippen LogP contribution in [0.5, 0.6) is 0 Å². The molecule has 1 aliphatic rings. The van der Waals surface area contributed by atoms with Gasteiger partial charge in [-0.25, -0.2) is 9.59 Å². The standard InChI is InChI=1S/C17H19N5O4/c1-3-4-9-26-16(25)13-10(2)18-17-19-20-21-22(17)14(13)11-5-7-12(8-6-11)15(23)24/h5-8,14H,3-4,9H2,1-2H3,(H,23,24)(H,18,19,21)/t14-/m1/s1. The minimum Gasteiger partial charge on any atom is -0.478 e. The predicted molar refractivity (Wildman–Crippen MR) is 91.5 cm³/mol. The lowest BCUT2D eigenvalue weighted by Gasteiger charge is -2.27. The summed E-state index contributed by atoms with van der Waals surface area (Å²) >= 11 is 0. The number of nitrogens with zero attached hydrogens (tertiary/aromatic N) is 4. The molecule has 2 aromatic rings. The van der Waals surface area contributed by atoms with Crippen LogP contribution in [0.2, 0.25) is 0 Å². The molecule has 0 unspecified atom stereocenters. The number of aromatic nitrogens is 4. The normalized spacial score (nSPS) is 16.0. The fourth-order valence-electron chi connectivity index (χ4n) is 2.78. The number of nitrogens with one attached hydrogen (secondary N) is 1. The molecule has 0 amide bonds. The highest BCUT2D eigenvalue weighted by Crippen LogP contribution is 2.34. The Hall–Kier alpha value is -3.23. The summed E-state index contributed by atoms with van der Waals surface area (Å²) in [6.07, 6.45) is 1.69. The third-order valence-electron chi connectivity index (χ3n) is 4.14. The molecule has 9 nitrogen and oxygen atoms in total. The van der Waals surface area contributed by atoms with Gasteiger partial charge in [-0.05, 0) is 41.5 Å². The van der Waals surface area contributed by atoms with Crippen LogP contribution in [0, 0.1) is 0 Å². The molecule has 0 saturated heterocycles. The van der Waals surface area contributed by atoms with E-state index in [0.717, 1.165) is 12.8 Å². The molecule has 0 aliphatic carbocycles. The second kappa shape index (κ2) is 7.34. The quantitative estimate of drug-likeness (QED) is 0.595. The van der Waals surface area contributed by atoms with Crippen molar-refractivity contribution < 1.29 is 19.4 Å². The van der Waals surface area contributed by atoms with Gasteiger partial charge in [0.15, 0.2) is 0 Å². The van der Waals surface area contributed by atoms with Gasteiger partial charge in [-0.1, -0.05) is 30.6 Å². The summed E-state index contributed by atoms with van der Waals surface area (Å²) in [5, 5.41) is 23.6. The zero-order valence-electron chi connectivity index (χ0n) is 14.5. The molecule has 1 aromatic heterocycles. The molecule has 26 heavy (non-hydrogen) atoms. The van der Waals surface area contributed by atoms with E-state index in [1.807, 2.05) is 6.92 Å². The molecule has 0 saturated carbocycles. The smallest absolute Gasteiger partial charge is 0.338 e. The number of benzene rings is 1. The van der Waals surface area contributed by atoms with Crippen molar-refractivity contribution in [2.75, 3.05) is 11.9 Å². The summed E-state index contributed by atoms with van der Waals surface area (Å²) in [4.78, 5) is 23.8. The number of rotatable bonds is 6. The number of carbonyl (C=O) groups excluding carboxylic acids is 1. The number of aromatic carboxylic acids is 1. The number of carboxylic acids is 1. The molecule has 0 bridgehead atoms. The van der Waals surface area contributed by atoms with E-state index in [9.17, 15) is 9.59 Å². The van der Waals surface area contributed by atoms with Crippen LogP contribution >= 0.6 is 0 Å². The Morgan fingerprint density at radius 2 is 2.04 bits per heavy atom. The molecular weight excluding hydrogens is 338 g/mol. The van der Waals surface area contributed by atoms with E-state index in [-0.39, 0.29) is 5.56 Å². The van der Waals surface area contributed by atoms with Crippen LogP contribution in [0.15, 0.2) is 35.5 Å². The monoisotopic (exact) mass is 357 g/mol. The summed E-state index contributed by atoms with van der Waals surface area (Å²) in [6, 6.07) is 5.67. The maximum atomic E-state index is 12.7. The summed E-state index contributed by atoms with van der Waals surface area (Å²) in [5.41, 5.74) is 1.84. The molecule has 1 atom stereocenters. The first kappa shape index (κ1) is 17.6. The maximum Gasteiger partial charge on any atom is 0.338 e. The highest BCUT2D eigenvalue weighted by atomic mass is 16.5. The van der Waals surface area contributed by atoms with Gasteiger partial charge in [-0.2, -0.15) is 4.68 Å². The van der Waals surface area contributed by atoms with Crippen molar-refractivity contribution in [3.05, 3.63) is 46.7 Å². The Morgan fingerprint density at radius 3 is 2.69 bits per heavy atom. The van der Waals surface area contributed by atoms with E-state index in [2.05, 4.69) is 20.8 Å². The van der Waals surface area contributed by atoms with E-state index in [1.54, 1.807) is 19.1 Å². The van der Waals surface area contributed by atoms with Gasteiger partial charge in [0.1, 0.15) is 6.04 Å². The van der Waals surface area contributed by atoms with Gasteiger partial charge in [0.2, 0.25) is 5.95 Å². The topological polar surface area (TPSA) is 119 Å². The number of esters is 1. The largest absolute Gasteiger partial charge is 0.478 e. The summed E-state index contributed by atoms with van der Waals surface area (Å²) in [5.74, 6) is -1.06. The minimum atomic E-state index is -1.02. The molecule has 3 rings (SSSR count). The Bertz CT molecular complexity index is 856. The molecule has 0 spiro atoms. The van der Waals surface area contributed by atoms with Gasteiger partial charge in [-0.15, -0.1) is 0 Å². The third-order valence-corrected chi connectivity index (χ3v) is 4.14. The highest BCUT2D eigenvalue weighted by Gasteiger charge is 2.34. The summed E-state index contributed by atoms with van der Waals surface area (Å²) in [7, 11) is 0. The Labute approximate surface area is 149 Å². The number of hydrogen-bond acceptors (Lipinski definition) is 7. The maximum absolute atomic E-state index is 12.7. The van der Waals surface area contributed by atoms with E-state index in [4.69, 9.17) is 9.84 Å². The number of carboxylic acid groups (broad SMARTS) is 1. The molecule has 1 aliphatic heterocycles. The van der Waals surface area contributed by atoms with Gasteiger partial charge in [0, 0.05) is 5.70 Å². The zero-order chi connectivity index (χ0) is 18.7. The van der Waals surface area contributed by atoms with Crippen LogP contribution in [-0.4, -0.2) is 43.9 Å². The SMILES string of the molecule is CCCCOC(=O)C1=C(C)Nc2nnnn2[C@@H]1c1ccc(C(=O)O)cc1. The fourth-order valence-corrected chi connectivity index (χ4v) is 2.78. The minimum absolute atomic E-state index is 0.160. The fraction of sp³-hybridized carbons (Fsp3) is 0.353. The van der Waals surface area contributed by atoms with Gasteiger partial charge in [0.05, 0.1) is 17.7 Å². The Balaban J connectivity index is 2.00. The predicted octanol–water partition coefficient (Wildman–Crippen LogP) is 2.00. The van der Waals surface area contributed by atoms with E-state index >= 15 is 0 Å². The van der Waals surface area contributed by atoms with Gasteiger partial charge in [-0.3, -0.25) is 0 Å². The van der Waals surface area contributed by atoms with Crippen molar-refractivity contribution in [1.82, 2.24) is 20.2 Å².